The number of benzene rings is 3. The van der Waals surface area contributed by atoms with Gasteiger partial charge in [-0.1, -0.05) is 224 Å². The number of allylic oxidation sites excluding steroid dienone is 8. The molecule has 0 aliphatic rings. The van der Waals surface area contributed by atoms with Crippen LogP contribution in [0.2, 0.25) is 0 Å². The molecule has 0 nitrogen and oxygen atoms in total. The summed E-state index contributed by atoms with van der Waals surface area (Å²) < 4.78 is 0. The van der Waals surface area contributed by atoms with Gasteiger partial charge in [-0.05, 0) is 186 Å². The Morgan fingerprint density at radius 1 is 0.591 bits per heavy atom. The minimum atomic E-state index is 0.405. The van der Waals surface area contributed by atoms with Crippen molar-refractivity contribution >= 4 is 11.6 Å². The Labute approximate surface area is 408 Å². The van der Waals surface area contributed by atoms with E-state index in [9.17, 15) is 0 Å². The second-order valence-corrected chi connectivity index (χ2v) is 18.5. The van der Waals surface area contributed by atoms with Gasteiger partial charge in [0.15, 0.2) is 0 Å². The molecule has 0 amide bonds. The van der Waals surface area contributed by atoms with E-state index in [2.05, 4.69) is 247 Å². The predicted octanol–water partition coefficient (Wildman–Crippen LogP) is 18.4. The molecule has 0 heteroatoms. The van der Waals surface area contributed by atoms with Crippen molar-refractivity contribution in [1.29, 1.82) is 0 Å². The fourth-order valence-electron chi connectivity index (χ4n) is 7.51. The standard InChI is InChI=1S/C36H50.2C10H14.C8H10.C2H6/c1-12-29(11)24-31(23-26(5)6)17-16-18-33-21-22-35(34(15-4)27(7)8)32(14-3)20-19-30(13-2)25-36(33)28(9)10;2*1-7-5-8(2)10(4)9(3)6-7;1-7-4-3-5-8(2)6-7;1-2/h15-25,27-28H,4-5,12-14H2,1-3,6-11H3;2*5-6H,1-4H3;3-6H,1-2H3;1-2H3/b17-16+,22-21?,29-24-,30-19?,31-23-,32-20?,33-18+,35-34+,36-25?;;;;. The van der Waals surface area contributed by atoms with Gasteiger partial charge in [0, 0.05) is 0 Å². The molecule has 0 heterocycles. The maximum Gasteiger partial charge on any atom is -0.0190 e. The lowest BCUT2D eigenvalue weighted by molar-refractivity contribution is 0.852. The summed E-state index contributed by atoms with van der Waals surface area (Å²) in [5, 5.41) is 2.53. The Morgan fingerprint density at radius 2 is 1.09 bits per heavy atom. The predicted molar refractivity (Wildman–Crippen MR) is 303 cm³/mol. The van der Waals surface area contributed by atoms with E-state index in [1.807, 2.05) is 26.8 Å². The zero-order valence-electron chi connectivity index (χ0n) is 46.2. The summed E-state index contributed by atoms with van der Waals surface area (Å²) in [6.45, 7) is 53.7. The van der Waals surface area contributed by atoms with Gasteiger partial charge >= 0.3 is 0 Å². The molecule has 0 bridgehead atoms. The van der Waals surface area contributed by atoms with Crippen LogP contribution in [0.1, 0.15) is 161 Å². The van der Waals surface area contributed by atoms with Crippen molar-refractivity contribution in [2.24, 2.45) is 5.92 Å². The summed E-state index contributed by atoms with van der Waals surface area (Å²) in [4.78, 5) is 0. The van der Waals surface area contributed by atoms with Crippen LogP contribution in [0.25, 0.3) is 11.6 Å². The van der Waals surface area contributed by atoms with Crippen LogP contribution in [0, 0.1) is 75.2 Å². The SMILES string of the molecule is C=C/C(=c1/cc\c(=C/C=C/C(=C/C(=C)C)/C=C(/C)CC)c(C(C)C)cc(CC)ccc1CC)C(C)C.CC.Cc1cc(C)c(C)c(C)c1.Cc1cc(C)c(C)c(C)c1.Cc1cccc(C)c1. The summed E-state index contributed by atoms with van der Waals surface area (Å²) >= 11 is 0. The summed E-state index contributed by atoms with van der Waals surface area (Å²) in [6.07, 6.45) is 16.1. The largest absolute Gasteiger partial charge is 0.0988 e. The quantitative estimate of drug-likeness (QED) is 0.139. The normalized spacial score (nSPS) is 11.8. The van der Waals surface area contributed by atoms with Crippen molar-refractivity contribution in [3.8, 4) is 0 Å². The Bertz CT molecular complexity index is 2310. The lowest BCUT2D eigenvalue weighted by Crippen LogP contribution is -2.15. The van der Waals surface area contributed by atoms with Crippen molar-refractivity contribution < 1.29 is 0 Å². The summed E-state index contributed by atoms with van der Waals surface area (Å²) in [6, 6.07) is 29.0. The fraction of sp³-hybridized carbons (Fsp3) is 0.394. The zero-order chi connectivity index (χ0) is 50.7. The number of aryl methyl sites for hydroxylation is 10. The summed E-state index contributed by atoms with van der Waals surface area (Å²) in [5.74, 6) is 0.813. The minimum Gasteiger partial charge on any atom is -0.0988 e. The monoisotopic (exact) mass is 887 g/mol. The highest BCUT2D eigenvalue weighted by Crippen LogP contribution is 2.17. The van der Waals surface area contributed by atoms with Crippen LogP contribution >= 0.6 is 0 Å². The maximum absolute atomic E-state index is 4.15. The molecule has 0 radical (unpaired) electrons. The van der Waals surface area contributed by atoms with Crippen molar-refractivity contribution in [2.75, 3.05) is 0 Å². The number of hydrogen-bond donors (Lipinski definition) is 0. The lowest BCUT2D eigenvalue weighted by atomic mass is 9.95. The fourth-order valence-corrected chi connectivity index (χ4v) is 7.51. The second-order valence-electron chi connectivity index (χ2n) is 18.5. The molecule has 0 atom stereocenters. The highest BCUT2D eigenvalue weighted by atomic mass is 14.1. The minimum absolute atomic E-state index is 0.405. The van der Waals surface area contributed by atoms with Crippen molar-refractivity contribution in [3.05, 3.63) is 222 Å². The first-order valence-electron chi connectivity index (χ1n) is 24.8. The Balaban J connectivity index is 0.00000111. The van der Waals surface area contributed by atoms with Gasteiger partial charge in [-0.15, -0.1) is 0 Å². The van der Waals surface area contributed by atoms with Gasteiger partial charge in [-0.25, -0.2) is 0 Å². The topological polar surface area (TPSA) is 0 Å². The highest BCUT2D eigenvalue weighted by molar-refractivity contribution is 5.58. The first-order valence-corrected chi connectivity index (χ1v) is 24.8. The molecule has 4 aromatic rings. The molecule has 358 valence electrons. The van der Waals surface area contributed by atoms with Gasteiger partial charge in [0.05, 0.1) is 0 Å². The highest BCUT2D eigenvalue weighted by Gasteiger charge is 2.05. The van der Waals surface area contributed by atoms with Crippen molar-refractivity contribution in [3.63, 3.8) is 0 Å². The molecule has 4 aromatic carbocycles. The average Bonchev–Trinajstić information content (AvgIpc) is 3.25. The van der Waals surface area contributed by atoms with Crippen LogP contribution in [0.4, 0.5) is 0 Å². The molecule has 0 fully saturated rings. The van der Waals surface area contributed by atoms with E-state index in [0.717, 1.165) is 24.8 Å². The number of hydrogen-bond acceptors (Lipinski definition) is 0. The second kappa shape index (κ2) is 32.5. The molecule has 66 heavy (non-hydrogen) atoms. The van der Waals surface area contributed by atoms with Crippen LogP contribution < -0.4 is 10.4 Å². The molecule has 0 unspecified atom stereocenters. The van der Waals surface area contributed by atoms with E-state index in [4.69, 9.17) is 0 Å². The van der Waals surface area contributed by atoms with Crippen LogP contribution in [0.5, 0.6) is 0 Å². The molecular formula is C66H94. The van der Waals surface area contributed by atoms with Crippen LogP contribution in [0.3, 0.4) is 0 Å². The van der Waals surface area contributed by atoms with Crippen molar-refractivity contribution in [2.45, 2.75) is 171 Å². The van der Waals surface area contributed by atoms with Crippen molar-refractivity contribution in [1.82, 2.24) is 0 Å². The Kier molecular flexibility index (Phi) is 29.9. The Hall–Kier alpha value is -5.20. The van der Waals surface area contributed by atoms with Crippen LogP contribution in [0.15, 0.2) is 139 Å². The molecular weight excluding hydrogens is 793 g/mol. The third-order valence-corrected chi connectivity index (χ3v) is 11.8. The van der Waals surface area contributed by atoms with E-state index >= 15 is 0 Å². The third-order valence-electron chi connectivity index (χ3n) is 11.8. The molecule has 0 spiro atoms. The lowest BCUT2D eigenvalue weighted by Gasteiger charge is -2.10. The third kappa shape index (κ3) is 22.8. The smallest absolute Gasteiger partial charge is 0.0190 e. The zero-order valence-corrected chi connectivity index (χ0v) is 46.2. The summed E-state index contributed by atoms with van der Waals surface area (Å²) in [7, 11) is 0. The molecule has 4 rings (SSSR count). The Morgan fingerprint density at radius 3 is 1.45 bits per heavy atom. The van der Waals surface area contributed by atoms with Gasteiger partial charge in [0.1, 0.15) is 0 Å². The van der Waals surface area contributed by atoms with E-state index in [1.54, 1.807) is 0 Å². The van der Waals surface area contributed by atoms with Gasteiger partial charge in [-0.2, -0.15) is 0 Å². The molecule has 0 N–H and O–H groups in total. The van der Waals surface area contributed by atoms with E-state index in [0.29, 0.717) is 11.8 Å². The van der Waals surface area contributed by atoms with E-state index in [-0.39, 0.29) is 0 Å². The molecule has 0 aliphatic carbocycles. The molecule has 0 saturated heterocycles. The molecule has 0 aromatic heterocycles. The van der Waals surface area contributed by atoms with Gasteiger partial charge in [0.2, 0.25) is 0 Å². The summed E-state index contributed by atoms with van der Waals surface area (Å²) in [5.41, 5.74) is 22.8. The van der Waals surface area contributed by atoms with Gasteiger partial charge in [-0.3, -0.25) is 0 Å². The average molecular weight is 887 g/mol. The molecule has 0 saturated carbocycles. The number of rotatable bonds is 10. The van der Waals surface area contributed by atoms with E-state index in [1.165, 1.54) is 99.5 Å². The van der Waals surface area contributed by atoms with Crippen LogP contribution in [-0.4, -0.2) is 0 Å². The van der Waals surface area contributed by atoms with E-state index < -0.39 is 0 Å². The first-order chi connectivity index (χ1) is 31.1. The van der Waals surface area contributed by atoms with Crippen LogP contribution in [-0.2, 0) is 12.8 Å². The van der Waals surface area contributed by atoms with Gasteiger partial charge < -0.3 is 0 Å². The first kappa shape index (κ1) is 60.8. The molecule has 0 aliphatic heterocycles. The van der Waals surface area contributed by atoms with Gasteiger partial charge in [0.25, 0.3) is 0 Å². The maximum atomic E-state index is 4.15.